The van der Waals surface area contributed by atoms with Crippen LogP contribution in [0.1, 0.15) is 16.7 Å². The van der Waals surface area contributed by atoms with Crippen LogP contribution in [0.3, 0.4) is 0 Å². The summed E-state index contributed by atoms with van der Waals surface area (Å²) in [6, 6.07) is 7.75. The van der Waals surface area contributed by atoms with Crippen LogP contribution in [0.4, 0.5) is 29.2 Å². The molecule has 8 heteroatoms. The van der Waals surface area contributed by atoms with Crippen molar-refractivity contribution in [3.8, 4) is 0 Å². The fraction of sp³-hybridized carbons (Fsp3) is 0.158. The summed E-state index contributed by atoms with van der Waals surface area (Å²) in [6.45, 7) is 0.947. The Bertz CT molecular complexity index is 1030. The summed E-state index contributed by atoms with van der Waals surface area (Å²) in [5.41, 5.74) is 0.761. The SMILES string of the molecule is Cc1ccc(CF)cc1Nc1nc(=O)c(F)cn1Cc1cc(F)cc(F)c1. The summed E-state index contributed by atoms with van der Waals surface area (Å²) >= 11 is 0. The largest absolute Gasteiger partial charge is 0.325 e. The maximum absolute atomic E-state index is 13.7. The third-order valence-electron chi connectivity index (χ3n) is 3.93. The van der Waals surface area contributed by atoms with E-state index in [1.165, 1.54) is 10.6 Å². The van der Waals surface area contributed by atoms with Gasteiger partial charge in [-0.3, -0.25) is 4.79 Å². The lowest BCUT2D eigenvalue weighted by molar-refractivity contribution is 0.485. The first-order valence-corrected chi connectivity index (χ1v) is 8.00. The zero-order valence-corrected chi connectivity index (χ0v) is 14.3. The lowest BCUT2D eigenvalue weighted by atomic mass is 10.1. The molecule has 0 atom stereocenters. The van der Waals surface area contributed by atoms with Gasteiger partial charge in [0.25, 0.3) is 0 Å². The summed E-state index contributed by atoms with van der Waals surface area (Å²) < 4.78 is 54.7. The first-order chi connectivity index (χ1) is 12.9. The van der Waals surface area contributed by atoms with E-state index in [0.29, 0.717) is 11.3 Å². The molecule has 27 heavy (non-hydrogen) atoms. The molecule has 1 aromatic heterocycles. The van der Waals surface area contributed by atoms with E-state index in [-0.39, 0.29) is 18.1 Å². The van der Waals surface area contributed by atoms with Gasteiger partial charge in [-0.1, -0.05) is 12.1 Å². The second-order valence-corrected chi connectivity index (χ2v) is 6.03. The molecule has 3 rings (SSSR count). The molecule has 0 fully saturated rings. The van der Waals surface area contributed by atoms with Gasteiger partial charge in [-0.15, -0.1) is 0 Å². The summed E-state index contributed by atoms with van der Waals surface area (Å²) in [5.74, 6) is -2.70. The number of anilines is 2. The standard InChI is InChI=1S/C19H15F4N3O/c1-11-2-3-12(8-20)6-17(11)24-19-25-18(27)16(23)10-26(19)9-13-4-14(21)7-15(22)5-13/h2-7,10H,8-9H2,1H3,(H,24,25,27). The molecule has 0 saturated carbocycles. The van der Waals surface area contributed by atoms with Gasteiger partial charge in [-0.25, -0.2) is 13.2 Å². The van der Waals surface area contributed by atoms with Gasteiger partial charge >= 0.3 is 5.56 Å². The van der Waals surface area contributed by atoms with E-state index >= 15 is 0 Å². The zero-order valence-electron chi connectivity index (χ0n) is 14.3. The Labute approximate surface area is 152 Å². The molecule has 1 N–H and O–H groups in total. The van der Waals surface area contributed by atoms with Gasteiger partial charge in [-0.2, -0.15) is 9.37 Å². The highest BCUT2D eigenvalue weighted by Crippen LogP contribution is 2.22. The van der Waals surface area contributed by atoms with Gasteiger partial charge in [0.2, 0.25) is 11.8 Å². The number of nitrogens with zero attached hydrogens (tertiary/aromatic N) is 2. The van der Waals surface area contributed by atoms with Crippen LogP contribution in [0, 0.1) is 24.4 Å². The molecule has 4 nitrogen and oxygen atoms in total. The first-order valence-electron chi connectivity index (χ1n) is 8.00. The number of alkyl halides is 1. The van der Waals surface area contributed by atoms with Crippen molar-refractivity contribution in [2.45, 2.75) is 20.1 Å². The molecule has 140 valence electrons. The van der Waals surface area contributed by atoms with Gasteiger partial charge in [0.15, 0.2) is 0 Å². The smallest absolute Gasteiger partial charge is 0.310 e. The number of aryl methyl sites for hydroxylation is 1. The Morgan fingerprint density at radius 3 is 2.41 bits per heavy atom. The molecule has 0 aliphatic carbocycles. The molecule has 3 aromatic rings. The molecule has 1 heterocycles. The quantitative estimate of drug-likeness (QED) is 0.677. The summed E-state index contributed by atoms with van der Waals surface area (Å²) in [4.78, 5) is 15.3. The topological polar surface area (TPSA) is 46.9 Å². The highest BCUT2D eigenvalue weighted by Gasteiger charge is 2.12. The monoisotopic (exact) mass is 377 g/mol. The normalized spacial score (nSPS) is 10.9. The maximum Gasteiger partial charge on any atom is 0.310 e. The van der Waals surface area contributed by atoms with Gasteiger partial charge in [0, 0.05) is 18.0 Å². The third kappa shape index (κ3) is 4.33. The van der Waals surface area contributed by atoms with Crippen molar-refractivity contribution >= 4 is 11.6 Å². The molecule has 0 amide bonds. The molecular formula is C19H15F4N3O. The number of hydrogen-bond donors (Lipinski definition) is 1. The van der Waals surface area contributed by atoms with E-state index in [9.17, 15) is 22.4 Å². The Morgan fingerprint density at radius 2 is 1.74 bits per heavy atom. The number of rotatable bonds is 5. The lowest BCUT2D eigenvalue weighted by Gasteiger charge is -2.16. The summed E-state index contributed by atoms with van der Waals surface area (Å²) in [7, 11) is 0. The van der Waals surface area contributed by atoms with Crippen molar-refractivity contribution in [3.05, 3.63) is 87.1 Å². The molecule has 0 unspecified atom stereocenters. The van der Waals surface area contributed by atoms with Gasteiger partial charge in [0.05, 0.1) is 6.54 Å². The third-order valence-corrected chi connectivity index (χ3v) is 3.93. The van der Waals surface area contributed by atoms with Crippen molar-refractivity contribution in [1.82, 2.24) is 9.55 Å². The molecule has 0 aliphatic heterocycles. The van der Waals surface area contributed by atoms with E-state index in [0.717, 1.165) is 30.0 Å². The average Bonchev–Trinajstić information content (AvgIpc) is 2.60. The highest BCUT2D eigenvalue weighted by molar-refractivity contribution is 5.59. The minimum Gasteiger partial charge on any atom is -0.325 e. The fourth-order valence-electron chi connectivity index (χ4n) is 2.59. The zero-order chi connectivity index (χ0) is 19.6. The van der Waals surface area contributed by atoms with Crippen molar-refractivity contribution < 1.29 is 17.6 Å². The van der Waals surface area contributed by atoms with Gasteiger partial charge in [0.1, 0.15) is 18.3 Å². The summed E-state index contributed by atoms with van der Waals surface area (Å²) in [6.07, 6.45) is 0.898. The predicted molar refractivity (Wildman–Crippen MR) is 93.2 cm³/mol. The van der Waals surface area contributed by atoms with Crippen LogP contribution in [-0.4, -0.2) is 9.55 Å². The number of aromatic nitrogens is 2. The number of halogens is 4. The molecule has 0 radical (unpaired) electrons. The van der Waals surface area contributed by atoms with Crippen LogP contribution in [-0.2, 0) is 13.2 Å². The molecule has 2 aromatic carbocycles. The van der Waals surface area contributed by atoms with E-state index in [1.54, 1.807) is 19.1 Å². The lowest BCUT2D eigenvalue weighted by Crippen LogP contribution is -2.20. The number of benzene rings is 2. The second-order valence-electron chi connectivity index (χ2n) is 6.03. The molecule has 0 aliphatic rings. The number of hydrogen-bond acceptors (Lipinski definition) is 3. The van der Waals surface area contributed by atoms with Crippen molar-refractivity contribution in [2.24, 2.45) is 0 Å². The molecule has 0 saturated heterocycles. The van der Waals surface area contributed by atoms with Gasteiger partial charge in [-0.05, 0) is 41.8 Å². The van der Waals surface area contributed by atoms with Crippen molar-refractivity contribution in [1.29, 1.82) is 0 Å². The maximum atomic E-state index is 13.7. The van der Waals surface area contributed by atoms with E-state index in [1.807, 2.05) is 0 Å². The Hall–Kier alpha value is -3.16. The van der Waals surface area contributed by atoms with Crippen LogP contribution >= 0.6 is 0 Å². The van der Waals surface area contributed by atoms with Crippen molar-refractivity contribution in [3.63, 3.8) is 0 Å². The van der Waals surface area contributed by atoms with E-state index in [2.05, 4.69) is 10.3 Å². The van der Waals surface area contributed by atoms with Crippen LogP contribution in [0.15, 0.2) is 47.4 Å². The van der Waals surface area contributed by atoms with Crippen LogP contribution < -0.4 is 10.9 Å². The Kier molecular flexibility index (Phi) is 5.25. The van der Waals surface area contributed by atoms with Crippen LogP contribution in [0.2, 0.25) is 0 Å². The number of nitrogens with one attached hydrogen (secondary N) is 1. The Balaban J connectivity index is 2.02. The van der Waals surface area contributed by atoms with Crippen molar-refractivity contribution in [2.75, 3.05) is 5.32 Å². The van der Waals surface area contributed by atoms with Gasteiger partial charge < -0.3 is 9.88 Å². The van der Waals surface area contributed by atoms with E-state index < -0.39 is 29.7 Å². The fourth-order valence-corrected chi connectivity index (χ4v) is 2.59. The molecule has 0 spiro atoms. The van der Waals surface area contributed by atoms with Crippen LogP contribution in [0.25, 0.3) is 0 Å². The average molecular weight is 377 g/mol. The summed E-state index contributed by atoms with van der Waals surface area (Å²) in [5, 5.41) is 2.86. The highest BCUT2D eigenvalue weighted by atomic mass is 19.1. The minimum atomic E-state index is -1.10. The second kappa shape index (κ2) is 7.61. The van der Waals surface area contributed by atoms with Crippen LogP contribution in [0.5, 0.6) is 0 Å². The Morgan fingerprint density at radius 1 is 1.04 bits per heavy atom. The molecular weight excluding hydrogens is 362 g/mol. The molecule has 0 bridgehead atoms. The predicted octanol–water partition coefficient (Wildman–Crippen LogP) is 4.23. The first kappa shape index (κ1) is 18.6. The minimum absolute atomic E-state index is 0.0369. The van der Waals surface area contributed by atoms with E-state index in [4.69, 9.17) is 0 Å².